The summed E-state index contributed by atoms with van der Waals surface area (Å²) in [6, 6.07) is 2.92. The van der Waals surface area contributed by atoms with Crippen LogP contribution in [0.3, 0.4) is 0 Å². The maximum atomic E-state index is 10.9. The van der Waals surface area contributed by atoms with Crippen molar-refractivity contribution in [1.29, 1.82) is 0 Å². The summed E-state index contributed by atoms with van der Waals surface area (Å²) in [5.74, 6) is 0. The molecule has 1 atom stereocenters. The Labute approximate surface area is 101 Å². The Balaban J connectivity index is 2.39. The molecule has 0 saturated carbocycles. The molecular formula is C9H6Cl3NO2. The van der Waals surface area contributed by atoms with Crippen LogP contribution in [0.4, 0.5) is 4.79 Å². The molecule has 0 unspecified atom stereocenters. The summed E-state index contributed by atoms with van der Waals surface area (Å²) < 4.78 is 4.76. The van der Waals surface area contributed by atoms with E-state index in [0.29, 0.717) is 20.6 Å². The van der Waals surface area contributed by atoms with Gasteiger partial charge >= 0.3 is 6.09 Å². The molecule has 1 aromatic rings. The van der Waals surface area contributed by atoms with Gasteiger partial charge in [-0.05, 0) is 17.7 Å². The predicted octanol–water partition coefficient (Wildman–Crippen LogP) is 3.43. The molecule has 80 valence electrons. The lowest BCUT2D eigenvalue weighted by Gasteiger charge is -2.11. The van der Waals surface area contributed by atoms with E-state index in [9.17, 15) is 4.79 Å². The minimum absolute atomic E-state index is 0.231. The smallest absolute Gasteiger partial charge is 0.407 e. The number of ether oxygens (including phenoxy) is 1. The number of hydrogen-bond donors (Lipinski definition) is 1. The van der Waals surface area contributed by atoms with Gasteiger partial charge in [0.2, 0.25) is 0 Å². The molecule has 0 aliphatic carbocycles. The quantitative estimate of drug-likeness (QED) is 0.791. The number of rotatable bonds is 1. The zero-order valence-corrected chi connectivity index (χ0v) is 9.66. The third-order valence-electron chi connectivity index (χ3n) is 2.07. The second-order valence-electron chi connectivity index (χ2n) is 3.09. The second-order valence-corrected chi connectivity index (χ2v) is 4.31. The first-order valence-electron chi connectivity index (χ1n) is 4.15. The van der Waals surface area contributed by atoms with Gasteiger partial charge in [-0.25, -0.2) is 4.79 Å². The Kier molecular flexibility index (Phi) is 2.96. The molecule has 0 spiro atoms. The van der Waals surface area contributed by atoms with E-state index in [1.807, 2.05) is 0 Å². The zero-order valence-electron chi connectivity index (χ0n) is 7.39. The van der Waals surface area contributed by atoms with Crippen molar-refractivity contribution in [1.82, 2.24) is 5.32 Å². The topological polar surface area (TPSA) is 38.3 Å². The third-order valence-corrected chi connectivity index (χ3v) is 3.10. The van der Waals surface area contributed by atoms with Gasteiger partial charge in [0.25, 0.3) is 0 Å². The van der Waals surface area contributed by atoms with E-state index < -0.39 is 6.09 Å². The van der Waals surface area contributed by atoms with Crippen molar-refractivity contribution < 1.29 is 9.53 Å². The Bertz CT molecular complexity index is 422. The number of hydrogen-bond acceptors (Lipinski definition) is 2. The first-order chi connectivity index (χ1) is 7.08. The zero-order chi connectivity index (χ0) is 11.0. The summed E-state index contributed by atoms with van der Waals surface area (Å²) >= 11 is 17.7. The van der Waals surface area contributed by atoms with Crippen molar-refractivity contribution in [3.05, 3.63) is 32.8 Å². The number of nitrogens with one attached hydrogen (secondary N) is 1. The maximum absolute atomic E-state index is 10.9. The molecule has 1 aromatic carbocycles. The molecule has 1 heterocycles. The van der Waals surface area contributed by atoms with Crippen LogP contribution in [0, 0.1) is 0 Å². The Morgan fingerprint density at radius 2 is 2.07 bits per heavy atom. The van der Waals surface area contributed by atoms with Gasteiger partial charge in [0.05, 0.1) is 16.1 Å². The predicted molar refractivity (Wildman–Crippen MR) is 58.7 cm³/mol. The van der Waals surface area contributed by atoms with Gasteiger partial charge in [-0.15, -0.1) is 0 Å². The number of carbonyl (C=O) groups excluding carboxylic acids is 1. The van der Waals surface area contributed by atoms with Gasteiger partial charge in [-0.2, -0.15) is 0 Å². The molecule has 0 radical (unpaired) electrons. The molecule has 1 amide bonds. The van der Waals surface area contributed by atoms with Crippen molar-refractivity contribution in [3.63, 3.8) is 0 Å². The molecule has 1 aliphatic rings. The molecule has 2 rings (SSSR count). The SMILES string of the molecule is O=C1N[C@@H](c2cc(Cl)cc(Cl)c2Cl)CO1. The van der Waals surface area contributed by atoms with Crippen LogP contribution in [0.1, 0.15) is 11.6 Å². The van der Waals surface area contributed by atoms with Crippen molar-refractivity contribution in [2.24, 2.45) is 0 Å². The highest BCUT2D eigenvalue weighted by Gasteiger charge is 2.26. The first-order valence-corrected chi connectivity index (χ1v) is 5.29. The van der Waals surface area contributed by atoms with Gasteiger partial charge in [0, 0.05) is 5.02 Å². The number of alkyl carbamates (subject to hydrolysis) is 1. The van der Waals surface area contributed by atoms with Gasteiger partial charge in [-0.3, -0.25) is 0 Å². The summed E-state index contributed by atoms with van der Waals surface area (Å²) in [6.07, 6.45) is -0.466. The molecular weight excluding hydrogens is 260 g/mol. The largest absolute Gasteiger partial charge is 0.447 e. The van der Waals surface area contributed by atoms with Crippen LogP contribution in [-0.2, 0) is 4.74 Å². The lowest BCUT2D eigenvalue weighted by atomic mass is 10.1. The standard InChI is InChI=1S/C9H6Cl3NO2/c10-4-1-5(8(12)6(11)2-4)7-3-15-9(14)13-7/h1-2,7H,3H2,(H,13,14)/t7-/m1/s1. The molecule has 6 heteroatoms. The fraction of sp³-hybridized carbons (Fsp3) is 0.222. The number of cyclic esters (lactones) is 1. The van der Waals surface area contributed by atoms with E-state index in [0.717, 1.165) is 0 Å². The highest BCUT2D eigenvalue weighted by molar-refractivity contribution is 6.43. The Hall–Kier alpha value is -0.640. The molecule has 1 fully saturated rings. The van der Waals surface area contributed by atoms with Gasteiger partial charge in [0.15, 0.2) is 0 Å². The second kappa shape index (κ2) is 4.08. The lowest BCUT2D eigenvalue weighted by molar-refractivity contribution is 0.177. The maximum Gasteiger partial charge on any atom is 0.407 e. The molecule has 1 saturated heterocycles. The summed E-state index contributed by atoms with van der Waals surface area (Å²) in [5.41, 5.74) is 0.667. The minimum Gasteiger partial charge on any atom is -0.447 e. The van der Waals surface area contributed by atoms with Crippen LogP contribution >= 0.6 is 34.8 Å². The summed E-state index contributed by atoms with van der Waals surface area (Å²) in [7, 11) is 0. The van der Waals surface area contributed by atoms with E-state index in [4.69, 9.17) is 39.5 Å². The molecule has 1 N–H and O–H groups in total. The number of halogens is 3. The van der Waals surface area contributed by atoms with Gasteiger partial charge in [0.1, 0.15) is 6.61 Å². The molecule has 0 aromatic heterocycles. The van der Waals surface area contributed by atoms with Gasteiger partial charge < -0.3 is 10.1 Å². The van der Waals surface area contributed by atoms with Crippen LogP contribution in [-0.4, -0.2) is 12.7 Å². The average molecular weight is 267 g/mol. The number of carbonyl (C=O) groups is 1. The molecule has 0 bridgehead atoms. The van der Waals surface area contributed by atoms with Crippen LogP contribution < -0.4 is 5.32 Å². The highest BCUT2D eigenvalue weighted by Crippen LogP contribution is 2.34. The van der Waals surface area contributed by atoms with Crippen molar-refractivity contribution in [3.8, 4) is 0 Å². The minimum atomic E-state index is -0.466. The fourth-order valence-electron chi connectivity index (χ4n) is 1.38. The third kappa shape index (κ3) is 2.14. The average Bonchev–Trinajstić information content (AvgIpc) is 2.58. The number of benzene rings is 1. The summed E-state index contributed by atoms with van der Waals surface area (Å²) in [4.78, 5) is 10.9. The Morgan fingerprint density at radius 1 is 1.33 bits per heavy atom. The summed E-state index contributed by atoms with van der Waals surface area (Å²) in [6.45, 7) is 0.231. The monoisotopic (exact) mass is 265 g/mol. The van der Waals surface area contributed by atoms with Crippen LogP contribution in [0.2, 0.25) is 15.1 Å². The van der Waals surface area contributed by atoms with Crippen molar-refractivity contribution >= 4 is 40.9 Å². The first kappa shape index (κ1) is 10.9. The molecule has 1 aliphatic heterocycles. The van der Waals surface area contributed by atoms with Crippen molar-refractivity contribution in [2.45, 2.75) is 6.04 Å². The van der Waals surface area contributed by atoms with E-state index in [1.54, 1.807) is 12.1 Å². The van der Waals surface area contributed by atoms with E-state index >= 15 is 0 Å². The lowest BCUT2D eigenvalue weighted by Crippen LogP contribution is -2.18. The molecule has 15 heavy (non-hydrogen) atoms. The van der Waals surface area contributed by atoms with E-state index in [1.165, 1.54) is 0 Å². The summed E-state index contributed by atoms with van der Waals surface area (Å²) in [5, 5.41) is 3.82. The van der Waals surface area contributed by atoms with E-state index in [-0.39, 0.29) is 12.6 Å². The van der Waals surface area contributed by atoms with Crippen LogP contribution in [0.5, 0.6) is 0 Å². The normalized spacial score (nSPS) is 19.9. The van der Waals surface area contributed by atoms with E-state index in [2.05, 4.69) is 5.32 Å². The van der Waals surface area contributed by atoms with Crippen molar-refractivity contribution in [2.75, 3.05) is 6.61 Å². The fourth-order valence-corrected chi connectivity index (χ4v) is 2.13. The van der Waals surface area contributed by atoms with Crippen LogP contribution in [0.15, 0.2) is 12.1 Å². The van der Waals surface area contributed by atoms with Gasteiger partial charge in [-0.1, -0.05) is 34.8 Å². The number of amides is 1. The molecule has 3 nitrogen and oxygen atoms in total. The van der Waals surface area contributed by atoms with Crippen LogP contribution in [0.25, 0.3) is 0 Å². The Morgan fingerprint density at radius 3 is 2.67 bits per heavy atom. The highest BCUT2D eigenvalue weighted by atomic mass is 35.5.